The van der Waals surface area contributed by atoms with Gasteiger partial charge in [0.1, 0.15) is 5.60 Å². The van der Waals surface area contributed by atoms with E-state index in [0.29, 0.717) is 6.42 Å². The fourth-order valence-electron chi connectivity index (χ4n) is 2.09. The lowest BCUT2D eigenvalue weighted by Crippen LogP contribution is -2.24. The molecule has 0 aromatic heterocycles. The first-order valence-electron chi connectivity index (χ1n) is 5.31. The van der Waals surface area contributed by atoms with E-state index < -0.39 is 0 Å². The Bertz CT molecular complexity index is 458. The number of nitrogens with zero attached hydrogens (tertiary/aromatic N) is 1. The third-order valence-corrected chi connectivity index (χ3v) is 2.69. The van der Waals surface area contributed by atoms with E-state index in [4.69, 9.17) is 14.7 Å². The fourth-order valence-corrected chi connectivity index (χ4v) is 2.09. The Morgan fingerprint density at radius 2 is 2.25 bits per heavy atom. The summed E-state index contributed by atoms with van der Waals surface area (Å²) in [6.07, 6.45) is 1.27. The molecule has 1 aliphatic heterocycles. The maximum atomic E-state index is 8.71. The second-order valence-corrected chi connectivity index (χ2v) is 4.66. The van der Waals surface area contributed by atoms with Crippen LogP contribution in [0.2, 0.25) is 0 Å². The largest absolute Gasteiger partial charge is 0.493 e. The summed E-state index contributed by atoms with van der Waals surface area (Å²) in [5, 5.41) is 8.71. The molecule has 2 rings (SSSR count). The minimum absolute atomic E-state index is 0.180. The van der Waals surface area contributed by atoms with Crippen LogP contribution in [-0.4, -0.2) is 12.7 Å². The average Bonchev–Trinajstić information content (AvgIpc) is 2.51. The highest BCUT2D eigenvalue weighted by Crippen LogP contribution is 2.42. The Morgan fingerprint density at radius 1 is 1.50 bits per heavy atom. The van der Waals surface area contributed by atoms with Crippen LogP contribution in [0.5, 0.6) is 11.5 Å². The maximum Gasteiger partial charge on any atom is 0.165 e. The van der Waals surface area contributed by atoms with Crippen LogP contribution in [0.1, 0.15) is 25.0 Å². The Hall–Kier alpha value is -1.69. The van der Waals surface area contributed by atoms with Crippen molar-refractivity contribution < 1.29 is 9.47 Å². The zero-order valence-corrected chi connectivity index (χ0v) is 9.83. The summed E-state index contributed by atoms with van der Waals surface area (Å²) in [6, 6.07) is 6.07. The van der Waals surface area contributed by atoms with Gasteiger partial charge in [0, 0.05) is 12.0 Å². The number of hydrogen-bond acceptors (Lipinski definition) is 3. The number of methoxy groups -OCH3 is 1. The number of ether oxygens (including phenoxy) is 2. The summed E-state index contributed by atoms with van der Waals surface area (Å²) in [5.74, 6) is 1.56. The molecule has 3 heteroatoms. The van der Waals surface area contributed by atoms with Crippen LogP contribution in [0.4, 0.5) is 0 Å². The van der Waals surface area contributed by atoms with Crippen molar-refractivity contribution in [3.05, 3.63) is 23.3 Å². The number of benzene rings is 1. The first-order chi connectivity index (χ1) is 7.55. The van der Waals surface area contributed by atoms with Crippen LogP contribution in [0.3, 0.4) is 0 Å². The quantitative estimate of drug-likeness (QED) is 0.764. The van der Waals surface area contributed by atoms with E-state index in [0.717, 1.165) is 29.0 Å². The van der Waals surface area contributed by atoms with Crippen LogP contribution < -0.4 is 9.47 Å². The molecule has 0 saturated carbocycles. The molecule has 16 heavy (non-hydrogen) atoms. The minimum atomic E-state index is -0.180. The van der Waals surface area contributed by atoms with E-state index in [1.54, 1.807) is 7.11 Å². The highest BCUT2D eigenvalue weighted by Gasteiger charge is 2.32. The van der Waals surface area contributed by atoms with Gasteiger partial charge in [-0.3, -0.25) is 0 Å². The normalized spacial score (nSPS) is 16.1. The first kappa shape index (κ1) is 10.8. The van der Waals surface area contributed by atoms with Gasteiger partial charge >= 0.3 is 0 Å². The van der Waals surface area contributed by atoms with E-state index in [-0.39, 0.29) is 5.60 Å². The molecular formula is C13H15NO2. The van der Waals surface area contributed by atoms with Crippen molar-refractivity contribution in [2.75, 3.05) is 7.11 Å². The molecule has 0 amide bonds. The molecule has 0 radical (unpaired) electrons. The second kappa shape index (κ2) is 3.71. The van der Waals surface area contributed by atoms with Gasteiger partial charge in [0.2, 0.25) is 0 Å². The predicted octanol–water partition coefficient (Wildman–Crippen LogP) is 2.47. The van der Waals surface area contributed by atoms with Crippen molar-refractivity contribution in [3.8, 4) is 17.6 Å². The van der Waals surface area contributed by atoms with Gasteiger partial charge in [-0.1, -0.05) is 6.07 Å². The molecular weight excluding hydrogens is 202 g/mol. The van der Waals surface area contributed by atoms with E-state index >= 15 is 0 Å². The molecule has 3 nitrogen and oxygen atoms in total. The smallest absolute Gasteiger partial charge is 0.165 e. The van der Waals surface area contributed by atoms with Gasteiger partial charge in [0.25, 0.3) is 0 Å². The van der Waals surface area contributed by atoms with Gasteiger partial charge < -0.3 is 9.47 Å². The van der Waals surface area contributed by atoms with Gasteiger partial charge in [0.05, 0.1) is 19.6 Å². The molecule has 1 aliphatic rings. The predicted molar refractivity (Wildman–Crippen MR) is 60.7 cm³/mol. The van der Waals surface area contributed by atoms with Gasteiger partial charge in [-0.2, -0.15) is 5.26 Å². The summed E-state index contributed by atoms with van der Waals surface area (Å²) in [4.78, 5) is 0. The SMILES string of the molecule is COc1cc(CC#N)cc2c1OC(C)(C)C2. The van der Waals surface area contributed by atoms with E-state index in [1.807, 2.05) is 12.1 Å². The Morgan fingerprint density at radius 3 is 2.88 bits per heavy atom. The van der Waals surface area contributed by atoms with Crippen molar-refractivity contribution in [1.82, 2.24) is 0 Å². The summed E-state index contributed by atoms with van der Waals surface area (Å²) in [6.45, 7) is 4.10. The summed E-state index contributed by atoms with van der Waals surface area (Å²) < 4.78 is 11.1. The lowest BCUT2D eigenvalue weighted by Gasteiger charge is -2.17. The molecule has 1 aromatic rings. The molecule has 0 atom stereocenters. The number of fused-ring (bicyclic) bond motifs is 1. The summed E-state index contributed by atoms with van der Waals surface area (Å²) >= 11 is 0. The van der Waals surface area contributed by atoms with Gasteiger partial charge in [0.15, 0.2) is 11.5 Å². The highest BCUT2D eigenvalue weighted by atomic mass is 16.5. The molecule has 1 aromatic carbocycles. The van der Waals surface area contributed by atoms with Gasteiger partial charge in [-0.15, -0.1) is 0 Å². The zero-order chi connectivity index (χ0) is 11.8. The van der Waals surface area contributed by atoms with Crippen molar-refractivity contribution in [2.24, 2.45) is 0 Å². The van der Waals surface area contributed by atoms with E-state index in [1.165, 1.54) is 0 Å². The van der Waals surface area contributed by atoms with Gasteiger partial charge in [-0.05, 0) is 25.5 Å². The Kier molecular flexibility index (Phi) is 2.51. The molecule has 0 spiro atoms. The second-order valence-electron chi connectivity index (χ2n) is 4.66. The topological polar surface area (TPSA) is 42.2 Å². The van der Waals surface area contributed by atoms with Gasteiger partial charge in [-0.25, -0.2) is 0 Å². The van der Waals surface area contributed by atoms with Crippen LogP contribution >= 0.6 is 0 Å². The minimum Gasteiger partial charge on any atom is -0.493 e. The standard InChI is InChI=1S/C13H15NO2/c1-13(2)8-10-6-9(4-5-14)7-11(15-3)12(10)16-13/h6-7H,4,8H2,1-3H3. The third-order valence-electron chi connectivity index (χ3n) is 2.69. The Balaban J connectivity index is 2.46. The maximum absolute atomic E-state index is 8.71. The molecule has 0 aliphatic carbocycles. The van der Waals surface area contributed by atoms with Crippen molar-refractivity contribution in [2.45, 2.75) is 32.3 Å². The van der Waals surface area contributed by atoms with Crippen molar-refractivity contribution >= 4 is 0 Å². The molecule has 0 fully saturated rings. The molecule has 84 valence electrons. The zero-order valence-electron chi connectivity index (χ0n) is 9.83. The molecule has 0 bridgehead atoms. The summed E-state index contributed by atoms with van der Waals surface area (Å²) in [7, 11) is 1.63. The molecule has 0 unspecified atom stereocenters. The monoisotopic (exact) mass is 217 g/mol. The van der Waals surface area contributed by atoms with Crippen LogP contribution in [-0.2, 0) is 12.8 Å². The van der Waals surface area contributed by atoms with Crippen LogP contribution in [0.25, 0.3) is 0 Å². The average molecular weight is 217 g/mol. The Labute approximate surface area is 95.6 Å². The number of rotatable bonds is 2. The van der Waals surface area contributed by atoms with E-state index in [2.05, 4.69) is 19.9 Å². The number of nitriles is 1. The lowest BCUT2D eigenvalue weighted by molar-refractivity contribution is 0.134. The lowest BCUT2D eigenvalue weighted by atomic mass is 9.99. The highest BCUT2D eigenvalue weighted by molar-refractivity contribution is 5.53. The van der Waals surface area contributed by atoms with E-state index in [9.17, 15) is 0 Å². The summed E-state index contributed by atoms with van der Waals surface area (Å²) in [5.41, 5.74) is 1.94. The molecule has 0 N–H and O–H groups in total. The third kappa shape index (κ3) is 1.83. The first-order valence-corrected chi connectivity index (χ1v) is 5.31. The fraction of sp³-hybridized carbons (Fsp3) is 0.462. The van der Waals surface area contributed by atoms with Crippen molar-refractivity contribution in [1.29, 1.82) is 5.26 Å². The van der Waals surface area contributed by atoms with Crippen LogP contribution in [0, 0.1) is 11.3 Å². The molecule has 0 saturated heterocycles. The molecule has 1 heterocycles. The van der Waals surface area contributed by atoms with Crippen LogP contribution in [0.15, 0.2) is 12.1 Å². The number of hydrogen-bond donors (Lipinski definition) is 0. The van der Waals surface area contributed by atoms with Crippen molar-refractivity contribution in [3.63, 3.8) is 0 Å².